The third kappa shape index (κ3) is 2.56. The maximum atomic E-state index is 5.94. The van der Waals surface area contributed by atoms with Gasteiger partial charge in [-0.15, -0.1) is 0 Å². The van der Waals surface area contributed by atoms with Crippen molar-refractivity contribution in [3.05, 3.63) is 60.4 Å². The zero-order valence-electron chi connectivity index (χ0n) is 11.4. The Morgan fingerprint density at radius 2 is 1.95 bits per heavy atom. The molecule has 3 rings (SSSR count). The summed E-state index contributed by atoms with van der Waals surface area (Å²) in [6.45, 7) is 3.02. The molecule has 1 atom stereocenters. The average molecular weight is 267 g/mol. The Morgan fingerprint density at radius 1 is 1.15 bits per heavy atom. The predicted octanol–water partition coefficient (Wildman–Crippen LogP) is 3.31. The monoisotopic (exact) mass is 267 g/mol. The van der Waals surface area contributed by atoms with E-state index in [0.29, 0.717) is 0 Å². The highest BCUT2D eigenvalue weighted by molar-refractivity contribution is 5.77. The van der Waals surface area contributed by atoms with E-state index in [1.807, 2.05) is 30.3 Å². The summed E-state index contributed by atoms with van der Waals surface area (Å²) in [4.78, 5) is 8.69. The Balaban J connectivity index is 2.00. The lowest BCUT2D eigenvalue weighted by Gasteiger charge is -2.14. The lowest BCUT2D eigenvalue weighted by Crippen LogP contribution is -2.24. The van der Waals surface area contributed by atoms with Gasteiger partial charge in [-0.05, 0) is 31.2 Å². The van der Waals surface area contributed by atoms with Gasteiger partial charge < -0.3 is 9.73 Å². The summed E-state index contributed by atoms with van der Waals surface area (Å²) in [5.74, 6) is 1.59. The summed E-state index contributed by atoms with van der Waals surface area (Å²) in [6, 6.07) is 11.8. The molecule has 0 spiro atoms. The van der Waals surface area contributed by atoms with Crippen LogP contribution in [0.25, 0.3) is 11.0 Å². The summed E-state index contributed by atoms with van der Waals surface area (Å²) >= 11 is 0. The maximum Gasteiger partial charge on any atom is 0.152 e. The van der Waals surface area contributed by atoms with Gasteiger partial charge in [-0.3, -0.25) is 0 Å². The zero-order valence-corrected chi connectivity index (χ0v) is 11.4. The van der Waals surface area contributed by atoms with E-state index in [-0.39, 0.29) is 6.04 Å². The van der Waals surface area contributed by atoms with Crippen molar-refractivity contribution in [2.45, 2.75) is 19.4 Å². The largest absolute Gasteiger partial charge is 0.459 e. The molecule has 102 valence electrons. The fourth-order valence-electron chi connectivity index (χ4n) is 2.21. The number of furan rings is 1. The van der Waals surface area contributed by atoms with Crippen LogP contribution in [0.2, 0.25) is 0 Å². The van der Waals surface area contributed by atoms with Crippen molar-refractivity contribution in [1.29, 1.82) is 0 Å². The highest BCUT2D eigenvalue weighted by Crippen LogP contribution is 2.26. The van der Waals surface area contributed by atoms with E-state index in [4.69, 9.17) is 4.42 Å². The molecule has 2 aromatic heterocycles. The number of nitrogens with one attached hydrogen (secondary N) is 1. The first-order valence-corrected chi connectivity index (χ1v) is 6.87. The van der Waals surface area contributed by atoms with Crippen LogP contribution in [0.15, 0.2) is 53.2 Å². The molecule has 1 aromatic carbocycles. The van der Waals surface area contributed by atoms with Crippen LogP contribution in [0.1, 0.15) is 31.0 Å². The summed E-state index contributed by atoms with van der Waals surface area (Å²) in [7, 11) is 0. The van der Waals surface area contributed by atoms with E-state index in [1.54, 1.807) is 12.4 Å². The van der Waals surface area contributed by atoms with Crippen molar-refractivity contribution in [2.75, 3.05) is 6.54 Å². The molecule has 20 heavy (non-hydrogen) atoms. The SMILES string of the molecule is CCCNC(c1ncccn1)c1cc2ccccc2o1. The second-order valence-corrected chi connectivity index (χ2v) is 4.68. The Morgan fingerprint density at radius 3 is 2.70 bits per heavy atom. The molecule has 0 radical (unpaired) electrons. The minimum atomic E-state index is -0.108. The first-order chi connectivity index (χ1) is 9.88. The molecule has 3 aromatic rings. The van der Waals surface area contributed by atoms with E-state index in [1.165, 1.54) is 0 Å². The molecule has 4 heteroatoms. The van der Waals surface area contributed by atoms with Crippen LogP contribution < -0.4 is 5.32 Å². The van der Waals surface area contributed by atoms with E-state index < -0.39 is 0 Å². The molecule has 0 saturated heterocycles. The standard InChI is InChI=1S/C16H17N3O/c1-2-8-17-15(16-18-9-5-10-19-16)14-11-12-6-3-4-7-13(12)20-14/h3-7,9-11,15,17H,2,8H2,1H3. The van der Waals surface area contributed by atoms with Gasteiger partial charge in [0.2, 0.25) is 0 Å². The molecule has 4 nitrogen and oxygen atoms in total. The molecule has 0 fully saturated rings. The molecule has 0 saturated carbocycles. The van der Waals surface area contributed by atoms with Crippen molar-refractivity contribution < 1.29 is 4.42 Å². The minimum absolute atomic E-state index is 0.108. The molecule has 0 aliphatic rings. The number of rotatable bonds is 5. The normalized spacial score (nSPS) is 12.7. The maximum absolute atomic E-state index is 5.94. The van der Waals surface area contributed by atoms with E-state index in [0.717, 1.165) is 35.5 Å². The van der Waals surface area contributed by atoms with Crippen LogP contribution in [0.4, 0.5) is 0 Å². The molecule has 1 unspecified atom stereocenters. The second-order valence-electron chi connectivity index (χ2n) is 4.68. The fourth-order valence-corrected chi connectivity index (χ4v) is 2.21. The van der Waals surface area contributed by atoms with Crippen LogP contribution in [0.5, 0.6) is 0 Å². The Hall–Kier alpha value is -2.20. The van der Waals surface area contributed by atoms with Gasteiger partial charge in [0, 0.05) is 17.8 Å². The lowest BCUT2D eigenvalue weighted by atomic mass is 10.1. The molecular formula is C16H17N3O. The lowest BCUT2D eigenvalue weighted by molar-refractivity contribution is 0.456. The summed E-state index contributed by atoms with van der Waals surface area (Å²) in [6.07, 6.45) is 4.56. The average Bonchev–Trinajstić information content (AvgIpc) is 2.92. The number of aromatic nitrogens is 2. The van der Waals surface area contributed by atoms with Crippen LogP contribution >= 0.6 is 0 Å². The smallest absolute Gasteiger partial charge is 0.152 e. The Labute approximate surface area is 117 Å². The predicted molar refractivity (Wildman–Crippen MR) is 78.4 cm³/mol. The van der Waals surface area contributed by atoms with Crippen molar-refractivity contribution in [1.82, 2.24) is 15.3 Å². The highest BCUT2D eigenvalue weighted by atomic mass is 16.3. The van der Waals surface area contributed by atoms with Crippen LogP contribution in [-0.4, -0.2) is 16.5 Å². The van der Waals surface area contributed by atoms with Crippen molar-refractivity contribution in [2.24, 2.45) is 0 Å². The first kappa shape index (κ1) is 12.8. The molecule has 1 N–H and O–H groups in total. The molecular weight excluding hydrogens is 250 g/mol. The van der Waals surface area contributed by atoms with E-state index in [9.17, 15) is 0 Å². The van der Waals surface area contributed by atoms with E-state index >= 15 is 0 Å². The summed E-state index contributed by atoms with van der Waals surface area (Å²) in [5, 5.41) is 4.54. The first-order valence-electron chi connectivity index (χ1n) is 6.87. The third-order valence-electron chi connectivity index (χ3n) is 3.17. The summed E-state index contributed by atoms with van der Waals surface area (Å²) in [5.41, 5.74) is 0.890. The third-order valence-corrected chi connectivity index (χ3v) is 3.17. The van der Waals surface area contributed by atoms with Gasteiger partial charge in [0.25, 0.3) is 0 Å². The number of para-hydroxylation sites is 1. The zero-order chi connectivity index (χ0) is 13.8. The van der Waals surface area contributed by atoms with Crippen molar-refractivity contribution in [3.8, 4) is 0 Å². The number of hydrogen-bond donors (Lipinski definition) is 1. The van der Waals surface area contributed by atoms with Crippen molar-refractivity contribution >= 4 is 11.0 Å². The minimum Gasteiger partial charge on any atom is -0.459 e. The van der Waals surface area contributed by atoms with Gasteiger partial charge in [0.05, 0.1) is 0 Å². The molecule has 0 amide bonds. The Kier molecular flexibility index (Phi) is 3.74. The number of nitrogens with zero attached hydrogens (tertiary/aromatic N) is 2. The topological polar surface area (TPSA) is 51.0 Å². The van der Waals surface area contributed by atoms with Gasteiger partial charge in [0.1, 0.15) is 17.4 Å². The van der Waals surface area contributed by atoms with Gasteiger partial charge in [-0.1, -0.05) is 25.1 Å². The van der Waals surface area contributed by atoms with Crippen molar-refractivity contribution in [3.63, 3.8) is 0 Å². The quantitative estimate of drug-likeness (QED) is 0.770. The number of fused-ring (bicyclic) bond motifs is 1. The fraction of sp³-hybridized carbons (Fsp3) is 0.250. The van der Waals surface area contributed by atoms with Gasteiger partial charge in [-0.25, -0.2) is 9.97 Å². The number of hydrogen-bond acceptors (Lipinski definition) is 4. The molecule has 0 aliphatic heterocycles. The van der Waals surface area contributed by atoms with Gasteiger partial charge in [-0.2, -0.15) is 0 Å². The number of benzene rings is 1. The van der Waals surface area contributed by atoms with Crippen LogP contribution in [0, 0.1) is 0 Å². The van der Waals surface area contributed by atoms with E-state index in [2.05, 4.69) is 28.3 Å². The van der Waals surface area contributed by atoms with Crippen LogP contribution in [-0.2, 0) is 0 Å². The molecule has 2 heterocycles. The molecule has 0 aliphatic carbocycles. The second kappa shape index (κ2) is 5.84. The Bertz CT molecular complexity index is 645. The molecule has 0 bridgehead atoms. The van der Waals surface area contributed by atoms with Gasteiger partial charge >= 0.3 is 0 Å². The highest BCUT2D eigenvalue weighted by Gasteiger charge is 2.20. The van der Waals surface area contributed by atoms with Crippen LogP contribution in [0.3, 0.4) is 0 Å². The summed E-state index contributed by atoms with van der Waals surface area (Å²) < 4.78 is 5.94. The van der Waals surface area contributed by atoms with Gasteiger partial charge in [0.15, 0.2) is 5.82 Å².